The van der Waals surface area contributed by atoms with Crippen molar-refractivity contribution >= 4 is 32.3 Å². The fourth-order valence-corrected chi connectivity index (χ4v) is 7.45. The molecule has 0 heteroatoms. The molecule has 48 heavy (non-hydrogen) atoms. The SMILES string of the molecule is c1ccc(-c2ccc(-c3c4ccccc4c(-c4cccc5ccccc45)c4ccc(-c5ccccc5-c5ccccc5)cc34)cc2)cc1. The number of hydrogen-bond donors (Lipinski definition) is 0. The van der Waals surface area contributed by atoms with Crippen LogP contribution >= 0.6 is 0 Å². The molecule has 0 radical (unpaired) electrons. The van der Waals surface area contributed by atoms with Crippen molar-refractivity contribution in [1.29, 1.82) is 0 Å². The van der Waals surface area contributed by atoms with Gasteiger partial charge in [-0.1, -0.05) is 188 Å². The predicted molar refractivity (Wildman–Crippen MR) is 206 cm³/mol. The maximum atomic E-state index is 2.43. The lowest BCUT2D eigenvalue weighted by Crippen LogP contribution is -1.93. The molecule has 0 aliphatic rings. The molecule has 0 spiro atoms. The second kappa shape index (κ2) is 11.8. The average Bonchev–Trinajstić information content (AvgIpc) is 3.17. The summed E-state index contributed by atoms with van der Waals surface area (Å²) in [6.07, 6.45) is 0. The van der Waals surface area contributed by atoms with Crippen LogP contribution in [0.1, 0.15) is 0 Å². The monoisotopic (exact) mass is 608 g/mol. The Balaban J connectivity index is 1.37. The molecule has 9 rings (SSSR count). The lowest BCUT2D eigenvalue weighted by molar-refractivity contribution is 1.59. The van der Waals surface area contributed by atoms with E-state index in [9.17, 15) is 0 Å². The van der Waals surface area contributed by atoms with E-state index in [1.54, 1.807) is 0 Å². The van der Waals surface area contributed by atoms with Crippen molar-refractivity contribution < 1.29 is 0 Å². The van der Waals surface area contributed by atoms with E-state index in [1.807, 2.05) is 0 Å². The Morgan fingerprint density at radius 3 is 1.40 bits per heavy atom. The molecule has 0 unspecified atom stereocenters. The van der Waals surface area contributed by atoms with Crippen LogP contribution in [-0.4, -0.2) is 0 Å². The fraction of sp³-hybridized carbons (Fsp3) is 0. The third-order valence-corrected chi connectivity index (χ3v) is 9.69. The quantitative estimate of drug-likeness (QED) is 0.171. The van der Waals surface area contributed by atoms with Gasteiger partial charge in [-0.2, -0.15) is 0 Å². The van der Waals surface area contributed by atoms with Gasteiger partial charge in [-0.05, 0) is 94.0 Å². The van der Waals surface area contributed by atoms with Crippen molar-refractivity contribution in [1.82, 2.24) is 0 Å². The predicted octanol–water partition coefficient (Wildman–Crippen LogP) is 13.5. The largest absolute Gasteiger partial charge is 0.0622 e. The highest BCUT2D eigenvalue weighted by Gasteiger charge is 2.19. The molecule has 0 heterocycles. The Bertz CT molecular complexity index is 2570. The maximum absolute atomic E-state index is 2.43. The average molecular weight is 609 g/mol. The zero-order valence-corrected chi connectivity index (χ0v) is 26.5. The van der Waals surface area contributed by atoms with E-state index in [2.05, 4.69) is 194 Å². The van der Waals surface area contributed by atoms with Gasteiger partial charge in [-0.25, -0.2) is 0 Å². The molecule has 0 nitrogen and oxygen atoms in total. The van der Waals surface area contributed by atoms with Crippen molar-refractivity contribution in [2.75, 3.05) is 0 Å². The van der Waals surface area contributed by atoms with Crippen LogP contribution in [0.15, 0.2) is 194 Å². The van der Waals surface area contributed by atoms with Crippen molar-refractivity contribution in [2.24, 2.45) is 0 Å². The third kappa shape index (κ3) is 4.78. The van der Waals surface area contributed by atoms with Crippen molar-refractivity contribution in [3.05, 3.63) is 194 Å². The molecule has 0 saturated heterocycles. The minimum Gasteiger partial charge on any atom is -0.0622 e. The first-order chi connectivity index (χ1) is 23.8. The number of fused-ring (bicyclic) bond motifs is 3. The maximum Gasteiger partial charge on any atom is -0.00201 e. The van der Waals surface area contributed by atoms with E-state index in [4.69, 9.17) is 0 Å². The topological polar surface area (TPSA) is 0 Å². The van der Waals surface area contributed by atoms with Gasteiger partial charge in [-0.15, -0.1) is 0 Å². The summed E-state index contributed by atoms with van der Waals surface area (Å²) in [7, 11) is 0. The molecular formula is C48H32. The summed E-state index contributed by atoms with van der Waals surface area (Å²) < 4.78 is 0. The highest BCUT2D eigenvalue weighted by atomic mass is 14.2. The van der Waals surface area contributed by atoms with Gasteiger partial charge in [-0.3, -0.25) is 0 Å². The van der Waals surface area contributed by atoms with Gasteiger partial charge in [0.25, 0.3) is 0 Å². The van der Waals surface area contributed by atoms with Crippen LogP contribution in [0.4, 0.5) is 0 Å². The summed E-state index contributed by atoms with van der Waals surface area (Å²) in [6, 6.07) is 70.7. The first kappa shape index (κ1) is 28.0. The first-order valence-electron chi connectivity index (χ1n) is 16.6. The third-order valence-electron chi connectivity index (χ3n) is 9.69. The summed E-state index contributed by atoms with van der Waals surface area (Å²) >= 11 is 0. The van der Waals surface area contributed by atoms with Crippen molar-refractivity contribution in [3.63, 3.8) is 0 Å². The lowest BCUT2D eigenvalue weighted by atomic mass is 9.83. The summed E-state index contributed by atoms with van der Waals surface area (Å²) in [5.41, 5.74) is 12.4. The molecule has 224 valence electrons. The Hall–Kier alpha value is -6.24. The summed E-state index contributed by atoms with van der Waals surface area (Å²) in [4.78, 5) is 0. The second-order valence-electron chi connectivity index (χ2n) is 12.4. The smallest absolute Gasteiger partial charge is 0.00201 e. The molecule has 0 saturated carbocycles. The van der Waals surface area contributed by atoms with Crippen LogP contribution in [0.25, 0.3) is 88.0 Å². The van der Waals surface area contributed by atoms with Crippen LogP contribution in [0.2, 0.25) is 0 Å². The van der Waals surface area contributed by atoms with E-state index in [-0.39, 0.29) is 0 Å². The van der Waals surface area contributed by atoms with E-state index >= 15 is 0 Å². The standard InChI is InChI=1S/C48H32/c1-3-14-33(15-4-1)34-26-28-37(29-27-34)47-43-23-11-12-24-44(43)48(42-25-13-19-36-18-7-8-21-40(36)42)45-31-30-38(32-46(45)47)41-22-10-9-20-39(41)35-16-5-2-6-17-35/h1-32H. The van der Waals surface area contributed by atoms with Crippen LogP contribution < -0.4 is 0 Å². The summed E-state index contributed by atoms with van der Waals surface area (Å²) in [5.74, 6) is 0. The molecule has 0 amide bonds. The van der Waals surface area contributed by atoms with E-state index in [1.165, 1.54) is 88.0 Å². The number of benzene rings is 9. The van der Waals surface area contributed by atoms with Gasteiger partial charge in [0.15, 0.2) is 0 Å². The van der Waals surface area contributed by atoms with Gasteiger partial charge in [0.2, 0.25) is 0 Å². The van der Waals surface area contributed by atoms with Crippen molar-refractivity contribution in [3.8, 4) is 55.6 Å². The first-order valence-corrected chi connectivity index (χ1v) is 16.6. The van der Waals surface area contributed by atoms with E-state index in [0.29, 0.717) is 0 Å². The van der Waals surface area contributed by atoms with Crippen LogP contribution in [0.5, 0.6) is 0 Å². The molecule has 9 aromatic rings. The zero-order chi connectivity index (χ0) is 31.9. The van der Waals surface area contributed by atoms with Crippen LogP contribution in [-0.2, 0) is 0 Å². The molecule has 0 aliphatic heterocycles. The van der Waals surface area contributed by atoms with Gasteiger partial charge in [0, 0.05) is 0 Å². The Labute approximate surface area is 281 Å². The molecule has 0 aliphatic carbocycles. The highest BCUT2D eigenvalue weighted by Crippen LogP contribution is 2.47. The van der Waals surface area contributed by atoms with Gasteiger partial charge in [0.1, 0.15) is 0 Å². The van der Waals surface area contributed by atoms with Crippen molar-refractivity contribution in [2.45, 2.75) is 0 Å². The van der Waals surface area contributed by atoms with Gasteiger partial charge < -0.3 is 0 Å². The van der Waals surface area contributed by atoms with Gasteiger partial charge in [0.05, 0.1) is 0 Å². The highest BCUT2D eigenvalue weighted by molar-refractivity contribution is 6.24. The molecular weight excluding hydrogens is 577 g/mol. The Kier molecular flexibility index (Phi) is 6.91. The minimum absolute atomic E-state index is 1.21. The molecule has 9 aromatic carbocycles. The molecule has 0 atom stereocenters. The fourth-order valence-electron chi connectivity index (χ4n) is 7.45. The summed E-state index contributed by atoms with van der Waals surface area (Å²) in [5, 5.41) is 7.55. The normalized spacial score (nSPS) is 11.3. The van der Waals surface area contributed by atoms with E-state index < -0.39 is 0 Å². The summed E-state index contributed by atoms with van der Waals surface area (Å²) in [6.45, 7) is 0. The lowest BCUT2D eigenvalue weighted by Gasteiger charge is -2.20. The Morgan fingerprint density at radius 2 is 0.667 bits per heavy atom. The molecule has 0 bridgehead atoms. The molecule has 0 aromatic heterocycles. The number of hydrogen-bond acceptors (Lipinski definition) is 0. The zero-order valence-electron chi connectivity index (χ0n) is 26.5. The van der Waals surface area contributed by atoms with Crippen LogP contribution in [0, 0.1) is 0 Å². The van der Waals surface area contributed by atoms with Crippen LogP contribution in [0.3, 0.4) is 0 Å². The minimum atomic E-state index is 1.21. The number of rotatable bonds is 5. The van der Waals surface area contributed by atoms with E-state index in [0.717, 1.165) is 0 Å². The molecule has 0 fully saturated rings. The molecule has 0 N–H and O–H groups in total. The second-order valence-corrected chi connectivity index (χ2v) is 12.4. The Morgan fingerprint density at radius 1 is 0.208 bits per heavy atom. The van der Waals surface area contributed by atoms with Gasteiger partial charge >= 0.3 is 0 Å².